The standard InChI is InChI=1S/C20H20F2N2O4/c1-27-16-7-3-5-14(18(16)28-20(21)22)8-9-17(25)24-11-10-13-4-2-6-15(12-13)19(23)26/h2-9,12,20H,10-11H2,1H3,(H2,23,26)(H,24,25)/b9-8+. The third-order valence-corrected chi connectivity index (χ3v) is 3.77. The van der Waals surface area contributed by atoms with Crippen LogP contribution in [-0.2, 0) is 11.2 Å². The highest BCUT2D eigenvalue weighted by Gasteiger charge is 2.14. The molecule has 8 heteroatoms. The van der Waals surface area contributed by atoms with E-state index >= 15 is 0 Å². The van der Waals surface area contributed by atoms with Gasteiger partial charge in [0.25, 0.3) is 0 Å². The maximum atomic E-state index is 12.6. The van der Waals surface area contributed by atoms with E-state index in [0.717, 1.165) is 5.56 Å². The molecule has 148 valence electrons. The van der Waals surface area contributed by atoms with E-state index in [-0.39, 0.29) is 17.1 Å². The monoisotopic (exact) mass is 390 g/mol. The van der Waals surface area contributed by atoms with E-state index in [1.165, 1.54) is 31.4 Å². The second-order valence-electron chi connectivity index (χ2n) is 5.70. The smallest absolute Gasteiger partial charge is 0.387 e. The molecule has 0 aliphatic carbocycles. The first kappa shape index (κ1) is 20.9. The van der Waals surface area contributed by atoms with Crippen LogP contribution in [0.15, 0.2) is 48.5 Å². The Kier molecular flexibility index (Phi) is 7.50. The quantitative estimate of drug-likeness (QED) is 0.644. The zero-order valence-corrected chi connectivity index (χ0v) is 15.2. The average molecular weight is 390 g/mol. The highest BCUT2D eigenvalue weighted by molar-refractivity contribution is 5.93. The fraction of sp³-hybridized carbons (Fsp3) is 0.200. The summed E-state index contributed by atoms with van der Waals surface area (Å²) >= 11 is 0. The van der Waals surface area contributed by atoms with Crippen LogP contribution >= 0.6 is 0 Å². The van der Waals surface area contributed by atoms with E-state index in [1.807, 2.05) is 6.07 Å². The molecule has 3 N–H and O–H groups in total. The number of methoxy groups -OCH3 is 1. The van der Waals surface area contributed by atoms with Gasteiger partial charge < -0.3 is 20.5 Å². The molecule has 0 heterocycles. The van der Waals surface area contributed by atoms with E-state index in [1.54, 1.807) is 24.3 Å². The minimum Gasteiger partial charge on any atom is -0.493 e. The number of carbonyl (C=O) groups excluding carboxylic acids is 2. The van der Waals surface area contributed by atoms with Gasteiger partial charge in [-0.05, 0) is 36.3 Å². The first-order chi connectivity index (χ1) is 13.4. The van der Waals surface area contributed by atoms with Crippen LogP contribution in [0.1, 0.15) is 21.5 Å². The van der Waals surface area contributed by atoms with Crippen molar-refractivity contribution in [2.75, 3.05) is 13.7 Å². The van der Waals surface area contributed by atoms with Crippen molar-refractivity contribution in [3.63, 3.8) is 0 Å². The maximum absolute atomic E-state index is 12.6. The molecule has 0 atom stereocenters. The van der Waals surface area contributed by atoms with Crippen LogP contribution in [0.4, 0.5) is 8.78 Å². The molecule has 0 unspecified atom stereocenters. The summed E-state index contributed by atoms with van der Waals surface area (Å²) in [6, 6.07) is 11.4. The Morgan fingerprint density at radius 3 is 2.64 bits per heavy atom. The highest BCUT2D eigenvalue weighted by atomic mass is 19.3. The van der Waals surface area contributed by atoms with Gasteiger partial charge in [-0.25, -0.2) is 0 Å². The van der Waals surface area contributed by atoms with Gasteiger partial charge in [0.05, 0.1) is 7.11 Å². The normalized spacial score (nSPS) is 10.9. The topological polar surface area (TPSA) is 90.6 Å². The molecular weight excluding hydrogens is 370 g/mol. The zero-order valence-electron chi connectivity index (χ0n) is 15.2. The molecule has 2 aromatic carbocycles. The van der Waals surface area contributed by atoms with Crippen molar-refractivity contribution < 1.29 is 27.8 Å². The Morgan fingerprint density at radius 1 is 1.21 bits per heavy atom. The Hall–Kier alpha value is -3.42. The molecule has 0 aromatic heterocycles. The van der Waals surface area contributed by atoms with E-state index in [0.29, 0.717) is 18.5 Å². The molecule has 0 aliphatic rings. The third-order valence-electron chi connectivity index (χ3n) is 3.77. The molecule has 0 saturated carbocycles. The van der Waals surface area contributed by atoms with Gasteiger partial charge in [-0.1, -0.05) is 24.3 Å². The molecule has 2 rings (SSSR count). The number of amides is 2. The number of alkyl halides is 2. The van der Waals surface area contributed by atoms with Gasteiger partial charge >= 0.3 is 6.61 Å². The molecular formula is C20H20F2N2O4. The largest absolute Gasteiger partial charge is 0.493 e. The number of benzene rings is 2. The Balaban J connectivity index is 1.97. The number of para-hydroxylation sites is 1. The van der Waals surface area contributed by atoms with Crippen LogP contribution in [0.2, 0.25) is 0 Å². The van der Waals surface area contributed by atoms with Gasteiger partial charge in [-0.15, -0.1) is 0 Å². The van der Waals surface area contributed by atoms with Crippen LogP contribution in [0.5, 0.6) is 11.5 Å². The number of nitrogens with two attached hydrogens (primary N) is 1. The van der Waals surface area contributed by atoms with Crippen LogP contribution in [0.3, 0.4) is 0 Å². The number of halogens is 2. The number of rotatable bonds is 9. The predicted octanol–water partition coefficient (Wildman–Crippen LogP) is 2.77. The summed E-state index contributed by atoms with van der Waals surface area (Å²) in [5, 5.41) is 2.68. The van der Waals surface area contributed by atoms with E-state index < -0.39 is 18.4 Å². The lowest BCUT2D eigenvalue weighted by Gasteiger charge is -2.12. The second kappa shape index (κ2) is 10.1. The van der Waals surface area contributed by atoms with Gasteiger partial charge in [-0.3, -0.25) is 9.59 Å². The second-order valence-corrected chi connectivity index (χ2v) is 5.70. The first-order valence-corrected chi connectivity index (χ1v) is 8.37. The number of nitrogens with one attached hydrogen (secondary N) is 1. The summed E-state index contributed by atoms with van der Waals surface area (Å²) < 4.78 is 34.7. The van der Waals surface area contributed by atoms with Crippen LogP contribution in [0, 0.1) is 0 Å². The summed E-state index contributed by atoms with van der Waals surface area (Å²) in [5.74, 6) is -0.935. The Morgan fingerprint density at radius 2 is 1.96 bits per heavy atom. The van der Waals surface area contributed by atoms with Gasteiger partial charge in [0.1, 0.15) is 0 Å². The molecule has 6 nitrogen and oxygen atoms in total. The zero-order chi connectivity index (χ0) is 20.5. The van der Waals surface area contributed by atoms with Crippen molar-refractivity contribution in [1.82, 2.24) is 5.32 Å². The minimum atomic E-state index is -3.02. The van der Waals surface area contributed by atoms with Crippen molar-refractivity contribution in [1.29, 1.82) is 0 Å². The summed E-state index contributed by atoms with van der Waals surface area (Å²) in [5.41, 5.74) is 6.76. The van der Waals surface area contributed by atoms with Crippen molar-refractivity contribution >= 4 is 17.9 Å². The molecule has 2 aromatic rings. The summed E-state index contributed by atoms with van der Waals surface area (Å²) in [6.45, 7) is -2.70. The first-order valence-electron chi connectivity index (χ1n) is 8.37. The van der Waals surface area contributed by atoms with Crippen molar-refractivity contribution in [3.05, 3.63) is 65.2 Å². The summed E-state index contributed by atoms with van der Waals surface area (Å²) in [6.07, 6.45) is 3.08. The van der Waals surface area contributed by atoms with E-state index in [9.17, 15) is 18.4 Å². The average Bonchev–Trinajstić information content (AvgIpc) is 2.67. The molecule has 2 amide bonds. The Bertz CT molecular complexity index is 869. The fourth-order valence-corrected chi connectivity index (χ4v) is 2.47. The van der Waals surface area contributed by atoms with Gasteiger partial charge in [0.15, 0.2) is 11.5 Å². The van der Waals surface area contributed by atoms with Crippen molar-refractivity contribution in [3.8, 4) is 11.5 Å². The molecule has 0 fully saturated rings. The predicted molar refractivity (Wildman–Crippen MR) is 100 cm³/mol. The van der Waals surface area contributed by atoms with E-state index in [2.05, 4.69) is 10.1 Å². The number of hydrogen-bond acceptors (Lipinski definition) is 4. The van der Waals surface area contributed by atoms with Gasteiger partial charge in [0.2, 0.25) is 11.8 Å². The lowest BCUT2D eigenvalue weighted by molar-refractivity contribution is -0.116. The summed E-state index contributed by atoms with van der Waals surface area (Å²) in [4.78, 5) is 23.1. The lowest BCUT2D eigenvalue weighted by atomic mass is 10.1. The number of carbonyl (C=O) groups is 2. The highest BCUT2D eigenvalue weighted by Crippen LogP contribution is 2.33. The molecule has 0 aliphatic heterocycles. The van der Waals surface area contributed by atoms with E-state index in [4.69, 9.17) is 10.5 Å². The summed E-state index contributed by atoms with van der Waals surface area (Å²) in [7, 11) is 1.33. The molecule has 0 spiro atoms. The SMILES string of the molecule is COc1cccc(/C=C/C(=O)NCCc2cccc(C(N)=O)c2)c1OC(F)F. The van der Waals surface area contributed by atoms with Crippen LogP contribution in [-0.4, -0.2) is 32.1 Å². The molecule has 28 heavy (non-hydrogen) atoms. The number of primary amides is 1. The fourth-order valence-electron chi connectivity index (χ4n) is 2.47. The van der Waals surface area contributed by atoms with Gasteiger partial charge in [0, 0.05) is 23.7 Å². The minimum absolute atomic E-state index is 0.136. The number of hydrogen-bond donors (Lipinski definition) is 2. The Labute approximate surface area is 160 Å². The number of ether oxygens (including phenoxy) is 2. The third kappa shape index (κ3) is 6.08. The maximum Gasteiger partial charge on any atom is 0.387 e. The molecule has 0 saturated heterocycles. The van der Waals surface area contributed by atoms with Crippen molar-refractivity contribution in [2.24, 2.45) is 5.73 Å². The lowest BCUT2D eigenvalue weighted by Crippen LogP contribution is -2.23. The van der Waals surface area contributed by atoms with Crippen LogP contribution in [0.25, 0.3) is 6.08 Å². The molecule has 0 radical (unpaired) electrons. The van der Waals surface area contributed by atoms with Crippen LogP contribution < -0.4 is 20.5 Å². The van der Waals surface area contributed by atoms with Crippen molar-refractivity contribution in [2.45, 2.75) is 13.0 Å². The van der Waals surface area contributed by atoms with Gasteiger partial charge in [-0.2, -0.15) is 8.78 Å². The molecule has 0 bridgehead atoms.